The molecule has 2 nitrogen and oxygen atoms in total. The molecule has 2 unspecified atom stereocenters. The standard InChI is InChI=1S/C18H24Br2N2/c1-18-6-10-2-11(7-18)17(12(3-10)8-18)22-9-13-4-14(19)5-15(20)16(13)21/h4-5,10-12,17,22H,2-3,6-9,21H2,1H3. The van der Waals surface area contributed by atoms with Crippen molar-refractivity contribution in [3.63, 3.8) is 0 Å². The molecule has 22 heavy (non-hydrogen) atoms. The fraction of sp³-hybridized carbons (Fsp3) is 0.667. The van der Waals surface area contributed by atoms with Crippen LogP contribution in [0.4, 0.5) is 5.69 Å². The first-order chi connectivity index (χ1) is 10.4. The molecule has 1 aromatic carbocycles. The highest BCUT2D eigenvalue weighted by atomic mass is 79.9. The highest BCUT2D eigenvalue weighted by Crippen LogP contribution is 2.59. The lowest BCUT2D eigenvalue weighted by Gasteiger charge is -2.59. The average Bonchev–Trinajstić information content (AvgIpc) is 2.41. The molecule has 1 aromatic rings. The van der Waals surface area contributed by atoms with Gasteiger partial charge in [0.05, 0.1) is 5.69 Å². The highest BCUT2D eigenvalue weighted by molar-refractivity contribution is 9.11. The van der Waals surface area contributed by atoms with E-state index >= 15 is 0 Å². The predicted octanol–water partition coefficient (Wildman–Crippen LogP) is 5.10. The van der Waals surface area contributed by atoms with Gasteiger partial charge in [-0.1, -0.05) is 22.9 Å². The second-order valence-corrected chi connectivity index (χ2v) is 9.92. The summed E-state index contributed by atoms with van der Waals surface area (Å²) in [5.74, 6) is 2.77. The Balaban J connectivity index is 1.49. The van der Waals surface area contributed by atoms with Crippen LogP contribution in [0.25, 0.3) is 0 Å². The van der Waals surface area contributed by atoms with E-state index in [4.69, 9.17) is 5.73 Å². The van der Waals surface area contributed by atoms with E-state index in [0.29, 0.717) is 11.5 Å². The van der Waals surface area contributed by atoms with Gasteiger partial charge in [0.15, 0.2) is 0 Å². The van der Waals surface area contributed by atoms with Gasteiger partial charge in [-0.15, -0.1) is 0 Å². The number of nitrogens with one attached hydrogen (secondary N) is 1. The second kappa shape index (κ2) is 5.49. The van der Waals surface area contributed by atoms with Gasteiger partial charge in [0.25, 0.3) is 0 Å². The van der Waals surface area contributed by atoms with Crippen molar-refractivity contribution in [3.05, 3.63) is 26.6 Å². The summed E-state index contributed by atoms with van der Waals surface area (Å²) in [5, 5.41) is 3.87. The SMILES string of the molecule is CC12CC3CC(C1)C(NCc1cc(Br)cc(Br)c1N)C(C3)C2. The lowest BCUT2D eigenvalue weighted by Crippen LogP contribution is -2.57. The maximum Gasteiger partial charge on any atom is 0.0504 e. The predicted molar refractivity (Wildman–Crippen MR) is 98.5 cm³/mol. The van der Waals surface area contributed by atoms with Crippen LogP contribution >= 0.6 is 31.9 Å². The van der Waals surface area contributed by atoms with Gasteiger partial charge < -0.3 is 11.1 Å². The molecule has 0 heterocycles. The Labute approximate surface area is 149 Å². The summed E-state index contributed by atoms with van der Waals surface area (Å²) < 4.78 is 2.07. The zero-order valence-corrected chi connectivity index (χ0v) is 16.2. The smallest absolute Gasteiger partial charge is 0.0504 e. The number of anilines is 1. The molecule has 4 aliphatic rings. The van der Waals surface area contributed by atoms with Gasteiger partial charge in [0, 0.05) is 21.5 Å². The summed E-state index contributed by atoms with van der Waals surface area (Å²) in [5.41, 5.74) is 8.93. The third-order valence-electron chi connectivity index (χ3n) is 6.29. The lowest BCUT2D eigenvalue weighted by atomic mass is 9.48. The molecule has 0 aromatic heterocycles. The van der Waals surface area contributed by atoms with E-state index in [9.17, 15) is 0 Å². The molecular weight excluding hydrogens is 404 g/mol. The minimum absolute atomic E-state index is 0.645. The van der Waals surface area contributed by atoms with Crippen molar-refractivity contribution in [3.8, 4) is 0 Å². The van der Waals surface area contributed by atoms with Gasteiger partial charge in [-0.3, -0.25) is 0 Å². The maximum absolute atomic E-state index is 6.23. The first kappa shape index (κ1) is 15.5. The van der Waals surface area contributed by atoms with Gasteiger partial charge >= 0.3 is 0 Å². The fourth-order valence-electron chi connectivity index (χ4n) is 5.78. The molecule has 4 fully saturated rings. The molecular formula is C18H24Br2N2. The van der Waals surface area contributed by atoms with Crippen molar-refractivity contribution in [1.82, 2.24) is 5.32 Å². The van der Waals surface area contributed by atoms with E-state index in [1.165, 1.54) is 37.7 Å². The Morgan fingerprint density at radius 3 is 2.50 bits per heavy atom. The molecule has 4 bridgehead atoms. The third kappa shape index (κ3) is 2.65. The van der Waals surface area contributed by atoms with Gasteiger partial charge in [-0.2, -0.15) is 0 Å². The van der Waals surface area contributed by atoms with Crippen molar-refractivity contribution in [1.29, 1.82) is 0 Å². The van der Waals surface area contributed by atoms with Crippen LogP contribution < -0.4 is 11.1 Å². The molecule has 0 radical (unpaired) electrons. The van der Waals surface area contributed by atoms with E-state index in [2.05, 4.69) is 50.2 Å². The van der Waals surface area contributed by atoms with Crippen LogP contribution in [0.2, 0.25) is 0 Å². The van der Waals surface area contributed by atoms with E-state index < -0.39 is 0 Å². The Morgan fingerprint density at radius 2 is 1.86 bits per heavy atom. The Hall–Kier alpha value is -0.0600. The zero-order chi connectivity index (χ0) is 15.5. The lowest BCUT2D eigenvalue weighted by molar-refractivity contribution is -0.0669. The molecule has 4 saturated carbocycles. The van der Waals surface area contributed by atoms with Crippen molar-refractivity contribution >= 4 is 37.5 Å². The van der Waals surface area contributed by atoms with Crippen molar-refractivity contribution in [2.45, 2.75) is 51.6 Å². The van der Waals surface area contributed by atoms with Gasteiger partial charge in [-0.05, 0) is 88.9 Å². The molecule has 0 saturated heterocycles. The normalized spacial score (nSPS) is 39.4. The van der Waals surface area contributed by atoms with Crippen molar-refractivity contribution < 1.29 is 0 Å². The highest BCUT2D eigenvalue weighted by Gasteiger charge is 2.52. The molecule has 2 atom stereocenters. The summed E-state index contributed by atoms with van der Waals surface area (Å²) in [6.45, 7) is 3.40. The fourth-order valence-corrected chi connectivity index (χ4v) is 7.09. The van der Waals surface area contributed by atoms with Crippen LogP contribution in [0.15, 0.2) is 21.1 Å². The van der Waals surface area contributed by atoms with Crippen LogP contribution in [-0.4, -0.2) is 6.04 Å². The van der Waals surface area contributed by atoms with Gasteiger partial charge in [0.1, 0.15) is 0 Å². The number of nitrogen functional groups attached to an aromatic ring is 1. The number of hydrogen-bond donors (Lipinski definition) is 2. The van der Waals surface area contributed by atoms with Crippen LogP contribution in [0.5, 0.6) is 0 Å². The van der Waals surface area contributed by atoms with Gasteiger partial charge in [-0.25, -0.2) is 0 Å². The summed E-state index contributed by atoms with van der Waals surface area (Å²) in [6, 6.07) is 4.86. The maximum atomic E-state index is 6.23. The van der Waals surface area contributed by atoms with Crippen LogP contribution in [0.3, 0.4) is 0 Å². The first-order valence-corrected chi connectivity index (χ1v) is 9.99. The molecule has 4 heteroatoms. The first-order valence-electron chi connectivity index (χ1n) is 8.40. The number of halogens is 2. The molecule has 0 spiro atoms. The minimum atomic E-state index is 0.645. The Bertz CT molecular complexity index is 585. The largest absolute Gasteiger partial charge is 0.398 e. The number of nitrogens with two attached hydrogens (primary N) is 1. The molecule has 4 aliphatic carbocycles. The van der Waals surface area contributed by atoms with Crippen LogP contribution in [0, 0.1) is 23.2 Å². The quantitative estimate of drug-likeness (QED) is 0.658. The molecule has 0 amide bonds. The molecule has 5 rings (SSSR count). The Kier molecular flexibility index (Phi) is 3.86. The van der Waals surface area contributed by atoms with E-state index in [0.717, 1.165) is 38.9 Å². The molecule has 3 N–H and O–H groups in total. The van der Waals surface area contributed by atoms with E-state index in [1.807, 2.05) is 6.07 Å². The zero-order valence-electron chi connectivity index (χ0n) is 13.0. The van der Waals surface area contributed by atoms with Gasteiger partial charge in [0.2, 0.25) is 0 Å². The second-order valence-electron chi connectivity index (χ2n) is 8.15. The third-order valence-corrected chi connectivity index (χ3v) is 7.40. The molecule has 120 valence electrons. The van der Waals surface area contributed by atoms with Crippen LogP contribution in [0.1, 0.15) is 44.6 Å². The van der Waals surface area contributed by atoms with Crippen molar-refractivity contribution in [2.24, 2.45) is 23.2 Å². The number of rotatable bonds is 3. The summed E-state index contributed by atoms with van der Waals surface area (Å²) >= 11 is 7.12. The van der Waals surface area contributed by atoms with E-state index in [-0.39, 0.29) is 0 Å². The average molecular weight is 428 g/mol. The van der Waals surface area contributed by atoms with Crippen LogP contribution in [-0.2, 0) is 6.54 Å². The molecule has 0 aliphatic heterocycles. The summed E-state index contributed by atoms with van der Waals surface area (Å²) in [6.07, 6.45) is 7.23. The minimum Gasteiger partial charge on any atom is -0.398 e. The monoisotopic (exact) mass is 426 g/mol. The number of benzene rings is 1. The van der Waals surface area contributed by atoms with Crippen molar-refractivity contribution in [2.75, 3.05) is 5.73 Å². The topological polar surface area (TPSA) is 38.0 Å². The number of hydrogen-bond acceptors (Lipinski definition) is 2. The Morgan fingerprint density at radius 1 is 1.18 bits per heavy atom. The summed E-state index contributed by atoms with van der Waals surface area (Å²) in [4.78, 5) is 0. The summed E-state index contributed by atoms with van der Waals surface area (Å²) in [7, 11) is 0. The van der Waals surface area contributed by atoms with E-state index in [1.54, 1.807) is 0 Å².